The topological polar surface area (TPSA) is 57.7 Å². The largest absolute Gasteiger partial charge is 0.490 e. The first-order valence-corrected chi connectivity index (χ1v) is 7.41. The van der Waals surface area contributed by atoms with Gasteiger partial charge >= 0.3 is 0 Å². The van der Waals surface area contributed by atoms with Crippen molar-refractivity contribution >= 4 is 11.7 Å². The number of rotatable bonds is 1. The summed E-state index contributed by atoms with van der Waals surface area (Å²) in [6.45, 7) is 3.73. The van der Waals surface area contributed by atoms with Crippen molar-refractivity contribution in [2.75, 3.05) is 37.7 Å². The molecule has 1 saturated heterocycles. The molecule has 3 aliphatic heterocycles. The van der Waals surface area contributed by atoms with E-state index in [0.29, 0.717) is 23.7 Å². The number of hydrogen-bond acceptors (Lipinski definition) is 5. The first-order chi connectivity index (χ1) is 10.3. The zero-order valence-electron chi connectivity index (χ0n) is 11.8. The van der Waals surface area contributed by atoms with Crippen molar-refractivity contribution in [2.45, 2.75) is 12.5 Å². The number of amides is 1. The Morgan fingerprint density at radius 1 is 1.38 bits per heavy atom. The lowest BCUT2D eigenvalue weighted by molar-refractivity contribution is 0.0607. The van der Waals surface area contributed by atoms with Gasteiger partial charge in [-0.1, -0.05) is 6.08 Å². The molecule has 4 heterocycles. The maximum absolute atomic E-state index is 13.0. The van der Waals surface area contributed by atoms with Crippen LogP contribution in [0.15, 0.2) is 24.5 Å². The first-order valence-electron chi connectivity index (χ1n) is 7.41. The first kappa shape index (κ1) is 12.6. The quantitative estimate of drug-likeness (QED) is 0.820. The number of anilines is 1. The third-order valence-corrected chi connectivity index (χ3v) is 4.24. The molecule has 3 aliphatic rings. The summed E-state index contributed by atoms with van der Waals surface area (Å²) in [7, 11) is 0. The fourth-order valence-corrected chi connectivity index (χ4v) is 3.15. The molecule has 0 aliphatic carbocycles. The van der Waals surface area contributed by atoms with E-state index in [4.69, 9.17) is 4.74 Å². The second kappa shape index (κ2) is 5.04. The van der Waals surface area contributed by atoms with Crippen LogP contribution in [0.3, 0.4) is 0 Å². The minimum absolute atomic E-state index is 0.0393. The van der Waals surface area contributed by atoms with E-state index in [-0.39, 0.29) is 11.9 Å². The summed E-state index contributed by atoms with van der Waals surface area (Å²) in [6.07, 6.45) is 6.79. The number of carbonyl (C=O) groups excluding carboxylic acids is 1. The van der Waals surface area contributed by atoms with Crippen LogP contribution in [0.2, 0.25) is 0 Å². The number of nitrogens with one attached hydrogen (secondary N) is 1. The van der Waals surface area contributed by atoms with E-state index in [9.17, 15) is 4.79 Å². The molecule has 0 radical (unpaired) electrons. The Morgan fingerprint density at radius 2 is 2.33 bits per heavy atom. The molecule has 1 aromatic rings. The van der Waals surface area contributed by atoms with E-state index in [1.807, 2.05) is 16.0 Å². The summed E-state index contributed by atoms with van der Waals surface area (Å²) in [5.74, 6) is 1.41. The van der Waals surface area contributed by atoms with Gasteiger partial charge in [-0.05, 0) is 12.5 Å². The van der Waals surface area contributed by atoms with Crippen LogP contribution in [0, 0.1) is 0 Å². The van der Waals surface area contributed by atoms with E-state index < -0.39 is 0 Å². The molecular formula is C15H18N4O2. The minimum Gasteiger partial charge on any atom is -0.490 e. The third kappa shape index (κ3) is 2.06. The lowest BCUT2D eigenvalue weighted by Crippen LogP contribution is -2.54. The molecule has 6 heteroatoms. The smallest absolute Gasteiger partial charge is 0.261 e. The number of pyridine rings is 1. The van der Waals surface area contributed by atoms with E-state index in [0.717, 1.165) is 32.6 Å². The highest BCUT2D eigenvalue weighted by Gasteiger charge is 2.35. The average Bonchev–Trinajstić information content (AvgIpc) is 3.02. The Bertz CT molecular complexity index is 601. The molecule has 0 saturated carbocycles. The lowest BCUT2D eigenvalue weighted by Gasteiger charge is -2.34. The molecule has 1 amide bonds. The number of piperazine rings is 1. The predicted molar refractivity (Wildman–Crippen MR) is 78.5 cm³/mol. The Balaban J connectivity index is 1.78. The molecule has 21 heavy (non-hydrogen) atoms. The van der Waals surface area contributed by atoms with Crippen LogP contribution in [0.25, 0.3) is 0 Å². The molecule has 1 atom stereocenters. The van der Waals surface area contributed by atoms with Crippen molar-refractivity contribution in [2.24, 2.45) is 0 Å². The second-order valence-corrected chi connectivity index (χ2v) is 5.54. The van der Waals surface area contributed by atoms with Gasteiger partial charge in [0.05, 0.1) is 6.04 Å². The number of carbonyl (C=O) groups is 1. The lowest BCUT2D eigenvalue weighted by atomic mass is 10.1. The van der Waals surface area contributed by atoms with E-state index in [1.54, 1.807) is 12.3 Å². The van der Waals surface area contributed by atoms with Crippen molar-refractivity contribution in [3.63, 3.8) is 0 Å². The monoisotopic (exact) mass is 286 g/mol. The van der Waals surface area contributed by atoms with E-state index in [1.165, 1.54) is 0 Å². The number of hydrogen-bond donors (Lipinski definition) is 1. The number of fused-ring (bicyclic) bond motifs is 2. The van der Waals surface area contributed by atoms with Crippen molar-refractivity contribution in [1.29, 1.82) is 0 Å². The average molecular weight is 286 g/mol. The van der Waals surface area contributed by atoms with Crippen molar-refractivity contribution in [3.05, 3.63) is 30.1 Å². The summed E-state index contributed by atoms with van der Waals surface area (Å²) in [5.41, 5.74) is 0.605. The molecule has 110 valence electrons. The van der Waals surface area contributed by atoms with Crippen molar-refractivity contribution in [3.8, 4) is 5.75 Å². The number of aromatic nitrogens is 1. The third-order valence-electron chi connectivity index (χ3n) is 4.24. The van der Waals surface area contributed by atoms with Gasteiger partial charge < -0.3 is 19.9 Å². The molecular weight excluding hydrogens is 268 g/mol. The van der Waals surface area contributed by atoms with Gasteiger partial charge in [0.2, 0.25) is 0 Å². The molecule has 0 spiro atoms. The highest BCUT2D eigenvalue weighted by atomic mass is 16.5. The number of nitrogens with zero attached hydrogens (tertiary/aromatic N) is 3. The summed E-state index contributed by atoms with van der Waals surface area (Å²) in [4.78, 5) is 21.4. The fourth-order valence-electron chi connectivity index (χ4n) is 3.15. The van der Waals surface area contributed by atoms with Gasteiger partial charge in [-0.3, -0.25) is 4.79 Å². The molecule has 1 aromatic heterocycles. The Morgan fingerprint density at radius 3 is 3.19 bits per heavy atom. The van der Waals surface area contributed by atoms with Crippen LogP contribution < -0.4 is 15.0 Å². The van der Waals surface area contributed by atoms with Gasteiger partial charge in [-0.25, -0.2) is 4.98 Å². The van der Waals surface area contributed by atoms with Gasteiger partial charge in [-0.2, -0.15) is 0 Å². The van der Waals surface area contributed by atoms with Gasteiger partial charge in [0.25, 0.3) is 5.91 Å². The Hall–Kier alpha value is -2.08. The second-order valence-electron chi connectivity index (χ2n) is 5.54. The van der Waals surface area contributed by atoms with Crippen molar-refractivity contribution < 1.29 is 9.53 Å². The van der Waals surface area contributed by atoms with Gasteiger partial charge in [0, 0.05) is 38.6 Å². The molecule has 1 N–H and O–H groups in total. The summed E-state index contributed by atoms with van der Waals surface area (Å²) >= 11 is 0. The highest BCUT2D eigenvalue weighted by Crippen LogP contribution is 2.33. The van der Waals surface area contributed by atoms with Crippen LogP contribution in [-0.2, 0) is 0 Å². The maximum Gasteiger partial charge on any atom is 0.261 e. The summed E-state index contributed by atoms with van der Waals surface area (Å²) in [5, 5.41) is 3.32. The molecule has 1 unspecified atom stereocenters. The number of ether oxygens (including phenoxy) is 1. The highest BCUT2D eigenvalue weighted by molar-refractivity contribution is 6.02. The van der Waals surface area contributed by atoms with Crippen LogP contribution in [0.5, 0.6) is 5.75 Å². The van der Waals surface area contributed by atoms with Gasteiger partial charge in [0.15, 0.2) is 0 Å². The summed E-state index contributed by atoms with van der Waals surface area (Å²) in [6, 6.07) is 1.89. The normalized spacial score (nSPS) is 24.4. The SMILES string of the molecule is O=C1c2c(ccnc2N2C=CCC2)OCC2CNCCN12. The predicted octanol–water partition coefficient (Wildman–Crippen LogP) is 0.612. The van der Waals surface area contributed by atoms with Crippen LogP contribution in [0.4, 0.5) is 5.82 Å². The van der Waals surface area contributed by atoms with Crippen molar-refractivity contribution in [1.82, 2.24) is 15.2 Å². The standard InChI is InChI=1S/C15H18N4O2/c20-15-13-12(21-10-11-9-16-5-8-19(11)15)3-4-17-14(13)18-6-1-2-7-18/h1,3-4,6,11,16H,2,5,7-10H2. The van der Waals surface area contributed by atoms with Gasteiger partial charge in [0.1, 0.15) is 23.7 Å². The van der Waals surface area contributed by atoms with Crippen LogP contribution >= 0.6 is 0 Å². The molecule has 1 fully saturated rings. The maximum atomic E-state index is 13.0. The van der Waals surface area contributed by atoms with E-state index in [2.05, 4.69) is 16.4 Å². The minimum atomic E-state index is 0.0393. The molecule has 4 rings (SSSR count). The van der Waals surface area contributed by atoms with E-state index >= 15 is 0 Å². The molecule has 0 aromatic carbocycles. The van der Waals surface area contributed by atoms with Crippen LogP contribution in [0.1, 0.15) is 16.8 Å². The summed E-state index contributed by atoms with van der Waals surface area (Å²) < 4.78 is 5.90. The molecule has 6 nitrogen and oxygen atoms in total. The molecule has 0 bridgehead atoms. The van der Waals surface area contributed by atoms with Crippen LogP contribution in [-0.4, -0.2) is 54.6 Å². The Kier molecular flexibility index (Phi) is 3.03. The Labute approximate surface area is 123 Å². The fraction of sp³-hybridized carbons (Fsp3) is 0.467. The zero-order chi connectivity index (χ0) is 14.2. The zero-order valence-corrected chi connectivity index (χ0v) is 11.8. The van der Waals surface area contributed by atoms with Gasteiger partial charge in [-0.15, -0.1) is 0 Å².